The van der Waals surface area contributed by atoms with Gasteiger partial charge in [0.2, 0.25) is 5.82 Å². The lowest BCUT2D eigenvalue weighted by Gasteiger charge is -2.09. The molecule has 23 heavy (non-hydrogen) atoms. The molecule has 7 heteroatoms. The highest BCUT2D eigenvalue weighted by Crippen LogP contribution is 2.28. The van der Waals surface area contributed by atoms with Gasteiger partial charge < -0.3 is 14.0 Å². The average molecular weight is 311 g/mol. The first-order chi connectivity index (χ1) is 11.3. The molecule has 116 valence electrons. The van der Waals surface area contributed by atoms with Crippen molar-refractivity contribution in [3.05, 3.63) is 54.0 Å². The number of hydrogen-bond acceptors (Lipinski definition) is 7. The minimum Gasteiger partial charge on any atom is -0.493 e. The normalized spacial score (nSPS) is 10.3. The fourth-order valence-corrected chi connectivity index (χ4v) is 1.93. The monoisotopic (exact) mass is 311 g/mol. The van der Waals surface area contributed by atoms with Gasteiger partial charge in [-0.2, -0.15) is 4.98 Å². The molecule has 0 spiro atoms. The van der Waals surface area contributed by atoms with Crippen LogP contribution in [0.15, 0.2) is 47.1 Å². The first-order valence-electron chi connectivity index (χ1n) is 6.80. The Morgan fingerprint density at radius 3 is 2.87 bits per heavy atom. The summed E-state index contributed by atoms with van der Waals surface area (Å²) in [7, 11) is 1.52. The summed E-state index contributed by atoms with van der Waals surface area (Å²) >= 11 is 0. The fourth-order valence-electron chi connectivity index (χ4n) is 1.93. The Balaban J connectivity index is 1.74. The highest BCUT2D eigenvalue weighted by Gasteiger charge is 2.12. The van der Waals surface area contributed by atoms with Gasteiger partial charge in [-0.3, -0.25) is 9.78 Å². The molecule has 3 aromatic rings. The zero-order valence-electron chi connectivity index (χ0n) is 12.3. The number of aldehydes is 1. The van der Waals surface area contributed by atoms with E-state index < -0.39 is 0 Å². The zero-order chi connectivity index (χ0) is 16.1. The van der Waals surface area contributed by atoms with Crippen molar-refractivity contribution in [2.75, 3.05) is 7.11 Å². The van der Waals surface area contributed by atoms with Crippen LogP contribution in [0.4, 0.5) is 0 Å². The molecule has 0 aliphatic rings. The molecule has 0 saturated carbocycles. The van der Waals surface area contributed by atoms with Gasteiger partial charge in [0.25, 0.3) is 5.89 Å². The standard InChI is InChI=1S/C16H13N3O4/c1-21-13-6-5-11(9-20)8-14(13)22-10-15-18-16(19-23-15)12-4-2-3-7-17-12/h2-9H,10H2,1H3. The van der Waals surface area contributed by atoms with Gasteiger partial charge in [-0.25, -0.2) is 0 Å². The van der Waals surface area contributed by atoms with Crippen LogP contribution in [-0.2, 0) is 6.61 Å². The maximum atomic E-state index is 10.8. The van der Waals surface area contributed by atoms with Gasteiger partial charge in [0.05, 0.1) is 7.11 Å². The second-order valence-corrected chi connectivity index (χ2v) is 4.54. The van der Waals surface area contributed by atoms with E-state index in [9.17, 15) is 4.79 Å². The van der Waals surface area contributed by atoms with E-state index in [-0.39, 0.29) is 6.61 Å². The van der Waals surface area contributed by atoms with Crippen LogP contribution in [0.5, 0.6) is 11.5 Å². The molecule has 0 saturated heterocycles. The molecule has 7 nitrogen and oxygen atoms in total. The largest absolute Gasteiger partial charge is 0.493 e. The molecule has 1 aromatic carbocycles. The first-order valence-corrected chi connectivity index (χ1v) is 6.80. The van der Waals surface area contributed by atoms with Gasteiger partial charge in [-0.05, 0) is 30.3 Å². The maximum absolute atomic E-state index is 10.8. The van der Waals surface area contributed by atoms with E-state index in [4.69, 9.17) is 14.0 Å². The molecule has 0 aliphatic heterocycles. The molecule has 2 aromatic heterocycles. The number of hydrogen-bond donors (Lipinski definition) is 0. The number of benzene rings is 1. The second-order valence-electron chi connectivity index (χ2n) is 4.54. The molecule has 0 N–H and O–H groups in total. The second kappa shape index (κ2) is 6.69. The summed E-state index contributed by atoms with van der Waals surface area (Å²) in [6.07, 6.45) is 2.38. The smallest absolute Gasteiger partial charge is 0.264 e. The Morgan fingerprint density at radius 2 is 2.13 bits per heavy atom. The van der Waals surface area contributed by atoms with E-state index in [1.165, 1.54) is 7.11 Å². The van der Waals surface area contributed by atoms with Crippen molar-refractivity contribution in [3.8, 4) is 23.0 Å². The third-order valence-electron chi connectivity index (χ3n) is 3.04. The molecule has 0 radical (unpaired) electrons. The van der Waals surface area contributed by atoms with Gasteiger partial charge in [-0.1, -0.05) is 11.2 Å². The molecule has 0 fully saturated rings. The van der Waals surface area contributed by atoms with Crippen molar-refractivity contribution in [2.24, 2.45) is 0 Å². The minimum atomic E-state index is 0.0541. The molecule has 0 bridgehead atoms. The topological polar surface area (TPSA) is 87.3 Å². The van der Waals surface area contributed by atoms with E-state index in [2.05, 4.69) is 15.1 Å². The third kappa shape index (κ3) is 3.34. The number of pyridine rings is 1. The quantitative estimate of drug-likeness (QED) is 0.646. The fraction of sp³-hybridized carbons (Fsp3) is 0.125. The van der Waals surface area contributed by atoms with Gasteiger partial charge in [0.1, 0.15) is 12.0 Å². The van der Waals surface area contributed by atoms with Crippen molar-refractivity contribution in [1.82, 2.24) is 15.1 Å². The maximum Gasteiger partial charge on any atom is 0.264 e. The zero-order valence-corrected chi connectivity index (χ0v) is 12.3. The number of methoxy groups -OCH3 is 1. The lowest BCUT2D eigenvalue weighted by Crippen LogP contribution is -1.99. The predicted octanol–water partition coefficient (Wildman–Crippen LogP) is 2.53. The molecule has 2 heterocycles. The number of rotatable bonds is 6. The van der Waals surface area contributed by atoms with Gasteiger partial charge >= 0.3 is 0 Å². The molecule has 0 amide bonds. The third-order valence-corrected chi connectivity index (χ3v) is 3.04. The Bertz CT molecular complexity index is 802. The van der Waals surface area contributed by atoms with Crippen molar-refractivity contribution in [2.45, 2.75) is 6.61 Å². The van der Waals surface area contributed by atoms with Crippen LogP contribution >= 0.6 is 0 Å². The summed E-state index contributed by atoms with van der Waals surface area (Å²) in [5.41, 5.74) is 1.10. The molecule has 0 unspecified atom stereocenters. The number of aromatic nitrogens is 3. The summed E-state index contributed by atoms with van der Waals surface area (Å²) in [6.45, 7) is 0.0541. The Labute approximate surface area is 131 Å². The van der Waals surface area contributed by atoms with Crippen molar-refractivity contribution in [1.29, 1.82) is 0 Å². The van der Waals surface area contributed by atoms with Gasteiger partial charge in [-0.15, -0.1) is 0 Å². The molecule has 3 rings (SSSR count). The first kappa shape index (κ1) is 14.7. The summed E-state index contributed by atoms with van der Waals surface area (Å²) in [4.78, 5) is 19.2. The van der Waals surface area contributed by atoms with E-state index in [0.717, 1.165) is 6.29 Å². The lowest BCUT2D eigenvalue weighted by molar-refractivity contribution is 0.112. The van der Waals surface area contributed by atoms with Gasteiger partial charge in [0, 0.05) is 11.8 Å². The molecule has 0 aliphatic carbocycles. The van der Waals surface area contributed by atoms with Crippen LogP contribution in [0, 0.1) is 0 Å². The highest BCUT2D eigenvalue weighted by atomic mass is 16.5. The van der Waals surface area contributed by atoms with Crippen molar-refractivity contribution < 1.29 is 18.8 Å². The van der Waals surface area contributed by atoms with Gasteiger partial charge in [0.15, 0.2) is 18.1 Å². The number of carbonyl (C=O) groups is 1. The van der Waals surface area contributed by atoms with Crippen LogP contribution < -0.4 is 9.47 Å². The van der Waals surface area contributed by atoms with E-state index in [1.54, 1.807) is 36.5 Å². The molecule has 0 atom stereocenters. The average Bonchev–Trinajstić information content (AvgIpc) is 3.09. The summed E-state index contributed by atoms with van der Waals surface area (Å²) in [5, 5.41) is 3.86. The highest BCUT2D eigenvalue weighted by molar-refractivity contribution is 5.76. The number of carbonyl (C=O) groups excluding carboxylic acids is 1. The number of ether oxygens (including phenoxy) is 2. The van der Waals surface area contributed by atoms with Crippen molar-refractivity contribution in [3.63, 3.8) is 0 Å². The Kier molecular flexibility index (Phi) is 4.28. The van der Waals surface area contributed by atoms with Crippen LogP contribution in [0.1, 0.15) is 16.2 Å². The van der Waals surface area contributed by atoms with E-state index in [1.807, 2.05) is 6.07 Å². The lowest BCUT2D eigenvalue weighted by atomic mass is 10.2. The SMILES string of the molecule is COc1ccc(C=O)cc1OCc1nc(-c2ccccn2)no1. The van der Waals surface area contributed by atoms with E-state index in [0.29, 0.717) is 34.5 Å². The van der Waals surface area contributed by atoms with Crippen LogP contribution in [0.25, 0.3) is 11.5 Å². The summed E-state index contributed by atoms with van der Waals surface area (Å²) in [6, 6.07) is 10.3. The predicted molar refractivity (Wildman–Crippen MR) is 80.2 cm³/mol. The van der Waals surface area contributed by atoms with Crippen LogP contribution in [0.3, 0.4) is 0 Å². The summed E-state index contributed by atoms with van der Waals surface area (Å²) in [5.74, 6) is 1.62. The summed E-state index contributed by atoms with van der Waals surface area (Å²) < 4.78 is 15.9. The van der Waals surface area contributed by atoms with Crippen LogP contribution in [0.2, 0.25) is 0 Å². The van der Waals surface area contributed by atoms with Crippen LogP contribution in [-0.4, -0.2) is 28.5 Å². The molecular weight excluding hydrogens is 298 g/mol. The van der Waals surface area contributed by atoms with Crippen molar-refractivity contribution >= 4 is 6.29 Å². The minimum absolute atomic E-state index is 0.0541. The Hall–Kier alpha value is -3.22. The molecular formula is C16H13N3O4. The Morgan fingerprint density at radius 1 is 1.22 bits per heavy atom. The number of nitrogens with zero attached hydrogens (tertiary/aromatic N) is 3. The van der Waals surface area contributed by atoms with E-state index >= 15 is 0 Å².